The zero-order chi connectivity index (χ0) is 17.9. The van der Waals surface area contributed by atoms with Crippen molar-refractivity contribution in [3.05, 3.63) is 48.3 Å². The minimum Gasteiger partial charge on any atom is -0.481 e. The second kappa shape index (κ2) is 7.13. The number of carbonyl (C=O) groups excluding carboxylic acids is 1. The second-order valence-electron chi connectivity index (χ2n) is 6.40. The van der Waals surface area contributed by atoms with Crippen LogP contribution >= 0.6 is 0 Å². The number of nitrogens with one attached hydrogen (secondary N) is 2. The predicted molar refractivity (Wildman–Crippen MR) is 99.6 cm³/mol. The number of methoxy groups -OCH3 is 1. The molecule has 0 spiro atoms. The van der Waals surface area contributed by atoms with Crippen molar-refractivity contribution >= 4 is 22.5 Å². The van der Waals surface area contributed by atoms with E-state index in [1.54, 1.807) is 19.2 Å². The number of pyridine rings is 1. The summed E-state index contributed by atoms with van der Waals surface area (Å²) in [6.45, 7) is 1.94. The van der Waals surface area contributed by atoms with Gasteiger partial charge in [0.25, 0.3) is 5.91 Å². The molecule has 3 aromatic rings. The summed E-state index contributed by atoms with van der Waals surface area (Å²) in [5.74, 6) is 0.352. The Morgan fingerprint density at radius 2 is 2.23 bits per heavy atom. The summed E-state index contributed by atoms with van der Waals surface area (Å²) in [5, 5.41) is 11.6. The molecule has 1 amide bonds. The quantitative estimate of drug-likeness (QED) is 0.755. The van der Waals surface area contributed by atoms with Crippen molar-refractivity contribution in [2.45, 2.75) is 18.9 Å². The summed E-state index contributed by atoms with van der Waals surface area (Å²) < 4.78 is 7.02. The van der Waals surface area contributed by atoms with E-state index in [1.165, 1.54) is 0 Å². The van der Waals surface area contributed by atoms with Crippen LogP contribution in [0.4, 0.5) is 5.69 Å². The molecule has 0 saturated carbocycles. The molecule has 134 valence electrons. The van der Waals surface area contributed by atoms with Crippen molar-refractivity contribution in [3.8, 4) is 5.88 Å². The fourth-order valence-corrected chi connectivity index (χ4v) is 3.22. The molecule has 0 aliphatic carbocycles. The first-order valence-electron chi connectivity index (χ1n) is 8.75. The lowest BCUT2D eigenvalue weighted by Crippen LogP contribution is -2.32. The van der Waals surface area contributed by atoms with Gasteiger partial charge >= 0.3 is 0 Å². The average molecular weight is 351 g/mol. The maximum atomic E-state index is 12.5. The van der Waals surface area contributed by atoms with E-state index in [2.05, 4.69) is 20.7 Å². The lowest BCUT2D eigenvalue weighted by atomic mass is 10.1. The maximum absolute atomic E-state index is 12.5. The number of ether oxygens (including phenoxy) is 1. The molecule has 3 heterocycles. The molecule has 2 aromatic heterocycles. The topological polar surface area (TPSA) is 81.1 Å². The standard InChI is InChI=1S/C19H21N5O2/c1-26-18-7-4-13-11-14(5-6-16(13)22-18)21-19(25)17-8-10-24(23-17)15-3-2-9-20-12-15/h4-8,10-11,15,20H,2-3,9,12H2,1H3,(H,21,25). The highest BCUT2D eigenvalue weighted by atomic mass is 16.5. The van der Waals surface area contributed by atoms with Gasteiger partial charge in [-0.15, -0.1) is 0 Å². The molecule has 1 unspecified atom stereocenters. The van der Waals surface area contributed by atoms with Crippen molar-refractivity contribution in [3.63, 3.8) is 0 Å². The number of anilines is 1. The molecule has 1 saturated heterocycles. The van der Waals surface area contributed by atoms with Gasteiger partial charge in [-0.3, -0.25) is 9.48 Å². The predicted octanol–water partition coefficient (Wildman–Crippen LogP) is 2.62. The van der Waals surface area contributed by atoms with E-state index in [4.69, 9.17) is 4.74 Å². The minimum atomic E-state index is -0.215. The third-order valence-electron chi connectivity index (χ3n) is 4.62. The van der Waals surface area contributed by atoms with E-state index in [0.29, 0.717) is 23.3 Å². The first-order valence-corrected chi connectivity index (χ1v) is 8.75. The smallest absolute Gasteiger partial charge is 0.276 e. The first kappa shape index (κ1) is 16.5. The Labute approximate surface area is 151 Å². The maximum Gasteiger partial charge on any atom is 0.276 e. The van der Waals surface area contributed by atoms with E-state index in [1.807, 2.05) is 35.1 Å². The van der Waals surface area contributed by atoms with Crippen LogP contribution in [-0.2, 0) is 0 Å². The number of hydrogen-bond acceptors (Lipinski definition) is 5. The molecule has 7 nitrogen and oxygen atoms in total. The van der Waals surface area contributed by atoms with Gasteiger partial charge in [-0.1, -0.05) is 0 Å². The summed E-state index contributed by atoms with van der Waals surface area (Å²) in [7, 11) is 1.59. The Hall–Kier alpha value is -2.93. The van der Waals surface area contributed by atoms with E-state index in [-0.39, 0.29) is 5.91 Å². The van der Waals surface area contributed by atoms with Crippen molar-refractivity contribution in [2.75, 3.05) is 25.5 Å². The Morgan fingerprint density at radius 3 is 3.04 bits per heavy atom. The van der Waals surface area contributed by atoms with Crippen molar-refractivity contribution in [1.82, 2.24) is 20.1 Å². The van der Waals surface area contributed by atoms with Gasteiger partial charge in [-0.25, -0.2) is 4.98 Å². The van der Waals surface area contributed by atoms with Crippen LogP contribution in [0, 0.1) is 0 Å². The summed E-state index contributed by atoms with van der Waals surface area (Å²) in [6.07, 6.45) is 4.09. The van der Waals surface area contributed by atoms with Gasteiger partial charge < -0.3 is 15.4 Å². The van der Waals surface area contributed by atoms with Gasteiger partial charge in [-0.2, -0.15) is 5.10 Å². The van der Waals surface area contributed by atoms with E-state index in [0.717, 1.165) is 36.8 Å². The Kier molecular flexibility index (Phi) is 4.53. The minimum absolute atomic E-state index is 0.215. The van der Waals surface area contributed by atoms with Gasteiger partial charge in [0.15, 0.2) is 5.69 Å². The first-order chi connectivity index (χ1) is 12.7. The van der Waals surface area contributed by atoms with Crippen LogP contribution in [0.2, 0.25) is 0 Å². The molecule has 1 aromatic carbocycles. The zero-order valence-electron chi connectivity index (χ0n) is 14.6. The molecule has 0 radical (unpaired) electrons. The molecule has 2 N–H and O–H groups in total. The monoisotopic (exact) mass is 351 g/mol. The van der Waals surface area contributed by atoms with E-state index < -0.39 is 0 Å². The highest BCUT2D eigenvalue weighted by Gasteiger charge is 2.17. The fraction of sp³-hybridized carbons (Fsp3) is 0.316. The molecular formula is C19H21N5O2. The molecule has 0 bridgehead atoms. The molecule has 1 aliphatic rings. The summed E-state index contributed by atoms with van der Waals surface area (Å²) >= 11 is 0. The fourth-order valence-electron chi connectivity index (χ4n) is 3.22. The number of hydrogen-bond donors (Lipinski definition) is 2. The number of nitrogens with zero attached hydrogens (tertiary/aromatic N) is 3. The van der Waals surface area contributed by atoms with Gasteiger partial charge in [0, 0.05) is 29.9 Å². The Balaban J connectivity index is 1.49. The molecular weight excluding hydrogens is 330 g/mol. The second-order valence-corrected chi connectivity index (χ2v) is 6.40. The number of carbonyl (C=O) groups is 1. The lowest BCUT2D eigenvalue weighted by molar-refractivity contribution is 0.102. The van der Waals surface area contributed by atoms with Crippen LogP contribution in [-0.4, -0.2) is 40.9 Å². The number of aromatic nitrogens is 3. The van der Waals surface area contributed by atoms with Crippen LogP contribution < -0.4 is 15.4 Å². The summed E-state index contributed by atoms with van der Waals surface area (Å²) in [5.41, 5.74) is 1.95. The summed E-state index contributed by atoms with van der Waals surface area (Å²) in [4.78, 5) is 16.9. The third-order valence-corrected chi connectivity index (χ3v) is 4.62. The van der Waals surface area contributed by atoms with Crippen molar-refractivity contribution in [2.24, 2.45) is 0 Å². The van der Waals surface area contributed by atoms with E-state index in [9.17, 15) is 4.79 Å². The average Bonchev–Trinajstić information content (AvgIpc) is 3.18. The van der Waals surface area contributed by atoms with Crippen LogP contribution in [0.15, 0.2) is 42.6 Å². The molecule has 1 aliphatic heterocycles. The highest BCUT2D eigenvalue weighted by Crippen LogP contribution is 2.21. The third kappa shape index (κ3) is 3.39. The zero-order valence-corrected chi connectivity index (χ0v) is 14.6. The van der Waals surface area contributed by atoms with Crippen molar-refractivity contribution in [1.29, 1.82) is 0 Å². The van der Waals surface area contributed by atoms with Gasteiger partial charge in [0.1, 0.15) is 0 Å². The lowest BCUT2D eigenvalue weighted by Gasteiger charge is -2.22. The van der Waals surface area contributed by atoms with Crippen LogP contribution in [0.1, 0.15) is 29.4 Å². The summed E-state index contributed by atoms with van der Waals surface area (Å²) in [6, 6.07) is 11.4. The van der Waals surface area contributed by atoms with Crippen LogP contribution in [0.3, 0.4) is 0 Å². The number of benzene rings is 1. The molecule has 26 heavy (non-hydrogen) atoms. The van der Waals surface area contributed by atoms with Gasteiger partial charge in [-0.05, 0) is 49.7 Å². The molecule has 1 fully saturated rings. The molecule has 1 atom stereocenters. The molecule has 7 heteroatoms. The normalized spacial score (nSPS) is 17.2. The highest BCUT2D eigenvalue weighted by molar-refractivity contribution is 6.03. The van der Waals surface area contributed by atoms with Crippen molar-refractivity contribution < 1.29 is 9.53 Å². The van der Waals surface area contributed by atoms with Crippen LogP contribution in [0.25, 0.3) is 10.9 Å². The Bertz CT molecular complexity index is 931. The number of rotatable bonds is 4. The Morgan fingerprint density at radius 1 is 1.31 bits per heavy atom. The van der Waals surface area contributed by atoms with Gasteiger partial charge in [0.2, 0.25) is 5.88 Å². The SMILES string of the molecule is COc1ccc2cc(NC(=O)c3ccn(C4CCCNC4)n3)ccc2n1. The largest absolute Gasteiger partial charge is 0.481 e. The number of fused-ring (bicyclic) bond motifs is 1. The van der Waals surface area contributed by atoms with E-state index >= 15 is 0 Å². The number of piperidine rings is 1. The van der Waals surface area contributed by atoms with Gasteiger partial charge in [0.05, 0.1) is 18.7 Å². The number of amides is 1. The van der Waals surface area contributed by atoms with Crippen LogP contribution in [0.5, 0.6) is 5.88 Å². The molecule has 4 rings (SSSR count).